The average molecular weight is 198 g/mol. The van der Waals surface area contributed by atoms with Gasteiger partial charge in [0.2, 0.25) is 0 Å². The van der Waals surface area contributed by atoms with E-state index in [2.05, 4.69) is 31.4 Å². The Labute approximate surface area is 88.8 Å². The maximum atomic E-state index is 3.68. The Kier molecular flexibility index (Phi) is 5.49. The summed E-state index contributed by atoms with van der Waals surface area (Å²) in [7, 11) is 0. The molecule has 2 unspecified atom stereocenters. The fraction of sp³-hybridized carbons (Fsp3) is 1.00. The number of nitrogens with one attached hydrogen (secondary N) is 2. The van der Waals surface area contributed by atoms with Crippen molar-refractivity contribution < 1.29 is 0 Å². The minimum absolute atomic E-state index is 0.615. The molecule has 0 aromatic rings. The fourth-order valence-electron chi connectivity index (χ4n) is 2.33. The van der Waals surface area contributed by atoms with Crippen LogP contribution in [0.1, 0.15) is 52.9 Å². The van der Waals surface area contributed by atoms with Crippen LogP contribution in [0.3, 0.4) is 0 Å². The molecule has 0 bridgehead atoms. The molecule has 1 fully saturated rings. The number of hydrogen-bond donors (Lipinski definition) is 2. The molecule has 14 heavy (non-hydrogen) atoms. The van der Waals surface area contributed by atoms with E-state index in [0.717, 1.165) is 0 Å². The second-order valence-electron chi connectivity index (χ2n) is 4.77. The first kappa shape index (κ1) is 12.0. The van der Waals surface area contributed by atoms with Gasteiger partial charge < -0.3 is 10.6 Å². The molecule has 84 valence electrons. The maximum Gasteiger partial charge on any atom is 0.0223 e. The lowest BCUT2D eigenvalue weighted by Crippen LogP contribution is -2.51. The van der Waals surface area contributed by atoms with E-state index in [1.807, 2.05) is 0 Å². The summed E-state index contributed by atoms with van der Waals surface area (Å²) in [5.74, 6) is 0. The van der Waals surface area contributed by atoms with Crippen molar-refractivity contribution in [3.63, 3.8) is 0 Å². The third-order valence-corrected chi connectivity index (χ3v) is 2.97. The first-order chi connectivity index (χ1) is 6.74. The van der Waals surface area contributed by atoms with Crippen LogP contribution >= 0.6 is 0 Å². The zero-order valence-corrected chi connectivity index (χ0v) is 9.97. The van der Waals surface area contributed by atoms with E-state index in [0.29, 0.717) is 18.1 Å². The Balaban J connectivity index is 2.33. The van der Waals surface area contributed by atoms with E-state index in [1.165, 1.54) is 38.6 Å². The van der Waals surface area contributed by atoms with Crippen LogP contribution in [0.2, 0.25) is 0 Å². The zero-order valence-electron chi connectivity index (χ0n) is 9.97. The van der Waals surface area contributed by atoms with E-state index in [-0.39, 0.29) is 0 Å². The van der Waals surface area contributed by atoms with Gasteiger partial charge in [0, 0.05) is 18.1 Å². The normalized spacial score (nSPS) is 28.3. The van der Waals surface area contributed by atoms with Crippen molar-refractivity contribution in [2.24, 2.45) is 0 Å². The molecule has 1 rings (SSSR count). The minimum Gasteiger partial charge on any atom is -0.312 e. The molecule has 0 spiro atoms. The van der Waals surface area contributed by atoms with Gasteiger partial charge in [-0.05, 0) is 25.8 Å². The van der Waals surface area contributed by atoms with Gasteiger partial charge in [-0.3, -0.25) is 0 Å². The molecule has 2 N–H and O–H groups in total. The van der Waals surface area contributed by atoms with Crippen LogP contribution in [0.5, 0.6) is 0 Å². The molecule has 2 nitrogen and oxygen atoms in total. The van der Waals surface area contributed by atoms with E-state index >= 15 is 0 Å². The summed E-state index contributed by atoms with van der Waals surface area (Å²) in [5.41, 5.74) is 0. The molecule has 1 aliphatic rings. The second kappa shape index (κ2) is 6.41. The number of rotatable bonds is 5. The summed E-state index contributed by atoms with van der Waals surface area (Å²) in [4.78, 5) is 0. The third-order valence-electron chi connectivity index (χ3n) is 2.97. The standard InChI is InChI=1S/C12H26N2/c1-4-9-13-11-7-5-6-8-12(11)14-10(2)3/h10-14H,4-9H2,1-3H3. The van der Waals surface area contributed by atoms with E-state index < -0.39 is 0 Å². The molecule has 0 aromatic carbocycles. The molecule has 2 heteroatoms. The van der Waals surface area contributed by atoms with Crippen molar-refractivity contribution in [2.45, 2.75) is 71.0 Å². The highest BCUT2D eigenvalue weighted by atomic mass is 15.0. The number of hydrogen-bond acceptors (Lipinski definition) is 2. The SMILES string of the molecule is CCCNC1CCCCC1NC(C)C. The highest BCUT2D eigenvalue weighted by molar-refractivity contribution is 4.86. The highest BCUT2D eigenvalue weighted by Gasteiger charge is 2.24. The first-order valence-corrected chi connectivity index (χ1v) is 6.23. The van der Waals surface area contributed by atoms with Gasteiger partial charge in [-0.2, -0.15) is 0 Å². The van der Waals surface area contributed by atoms with Crippen LogP contribution < -0.4 is 10.6 Å². The Hall–Kier alpha value is -0.0800. The Morgan fingerprint density at radius 2 is 1.79 bits per heavy atom. The molecule has 0 aliphatic heterocycles. The van der Waals surface area contributed by atoms with Gasteiger partial charge in [-0.15, -0.1) is 0 Å². The molecule has 0 heterocycles. The minimum atomic E-state index is 0.615. The summed E-state index contributed by atoms with van der Waals surface area (Å²) >= 11 is 0. The maximum absolute atomic E-state index is 3.68. The third kappa shape index (κ3) is 3.97. The monoisotopic (exact) mass is 198 g/mol. The highest BCUT2D eigenvalue weighted by Crippen LogP contribution is 2.19. The Morgan fingerprint density at radius 3 is 2.36 bits per heavy atom. The van der Waals surface area contributed by atoms with Gasteiger partial charge in [0.25, 0.3) is 0 Å². The van der Waals surface area contributed by atoms with Gasteiger partial charge in [0.05, 0.1) is 0 Å². The molecule has 0 saturated heterocycles. The summed E-state index contributed by atoms with van der Waals surface area (Å²) < 4.78 is 0. The quantitative estimate of drug-likeness (QED) is 0.708. The van der Waals surface area contributed by atoms with Gasteiger partial charge in [0.15, 0.2) is 0 Å². The lowest BCUT2D eigenvalue weighted by molar-refractivity contribution is 0.271. The predicted molar refractivity (Wildman–Crippen MR) is 62.6 cm³/mol. The van der Waals surface area contributed by atoms with Crippen molar-refractivity contribution >= 4 is 0 Å². The first-order valence-electron chi connectivity index (χ1n) is 6.23. The van der Waals surface area contributed by atoms with Gasteiger partial charge in [0.1, 0.15) is 0 Å². The molecule has 2 atom stereocenters. The van der Waals surface area contributed by atoms with Crippen molar-refractivity contribution in [2.75, 3.05) is 6.54 Å². The lowest BCUT2D eigenvalue weighted by atomic mass is 9.90. The van der Waals surface area contributed by atoms with Gasteiger partial charge in [-0.1, -0.05) is 33.6 Å². The van der Waals surface area contributed by atoms with Crippen LogP contribution in [-0.4, -0.2) is 24.7 Å². The molecular weight excluding hydrogens is 172 g/mol. The van der Waals surface area contributed by atoms with Crippen molar-refractivity contribution in [1.29, 1.82) is 0 Å². The van der Waals surface area contributed by atoms with Crippen LogP contribution in [0.4, 0.5) is 0 Å². The fourth-order valence-corrected chi connectivity index (χ4v) is 2.33. The summed E-state index contributed by atoms with van der Waals surface area (Å²) in [6.45, 7) is 7.89. The van der Waals surface area contributed by atoms with E-state index in [9.17, 15) is 0 Å². The smallest absolute Gasteiger partial charge is 0.0223 e. The average Bonchev–Trinajstić information content (AvgIpc) is 2.16. The Bertz CT molecular complexity index is 145. The van der Waals surface area contributed by atoms with E-state index in [1.54, 1.807) is 0 Å². The molecule has 0 aromatic heterocycles. The van der Waals surface area contributed by atoms with Gasteiger partial charge in [-0.25, -0.2) is 0 Å². The molecular formula is C12H26N2. The largest absolute Gasteiger partial charge is 0.312 e. The van der Waals surface area contributed by atoms with Crippen molar-refractivity contribution in [3.05, 3.63) is 0 Å². The Morgan fingerprint density at radius 1 is 1.14 bits per heavy atom. The van der Waals surface area contributed by atoms with Gasteiger partial charge >= 0.3 is 0 Å². The topological polar surface area (TPSA) is 24.1 Å². The van der Waals surface area contributed by atoms with Crippen molar-refractivity contribution in [1.82, 2.24) is 10.6 Å². The molecule has 0 amide bonds. The molecule has 0 radical (unpaired) electrons. The summed E-state index contributed by atoms with van der Waals surface area (Å²) in [5, 5.41) is 7.34. The van der Waals surface area contributed by atoms with E-state index in [4.69, 9.17) is 0 Å². The molecule has 1 aliphatic carbocycles. The summed E-state index contributed by atoms with van der Waals surface area (Å²) in [6.07, 6.45) is 6.74. The lowest BCUT2D eigenvalue weighted by Gasteiger charge is -2.34. The zero-order chi connectivity index (χ0) is 10.4. The second-order valence-corrected chi connectivity index (χ2v) is 4.77. The van der Waals surface area contributed by atoms with Crippen LogP contribution in [0.25, 0.3) is 0 Å². The van der Waals surface area contributed by atoms with Crippen LogP contribution in [-0.2, 0) is 0 Å². The summed E-state index contributed by atoms with van der Waals surface area (Å²) in [6, 6.07) is 2.03. The molecule has 1 saturated carbocycles. The van der Waals surface area contributed by atoms with Crippen LogP contribution in [0.15, 0.2) is 0 Å². The predicted octanol–water partition coefficient (Wildman–Crippen LogP) is 2.30. The van der Waals surface area contributed by atoms with Crippen LogP contribution in [0, 0.1) is 0 Å². The van der Waals surface area contributed by atoms with Crippen molar-refractivity contribution in [3.8, 4) is 0 Å².